The number of carbonyl (C=O) groups excluding carboxylic acids is 2. The summed E-state index contributed by atoms with van der Waals surface area (Å²) in [5, 5.41) is 14.0. The fourth-order valence-corrected chi connectivity index (χ4v) is 5.49. The number of aryl methyl sites for hydroxylation is 1. The Balaban J connectivity index is 2.10. The lowest BCUT2D eigenvalue weighted by molar-refractivity contribution is -0.384. The summed E-state index contributed by atoms with van der Waals surface area (Å²) in [6.07, 6.45) is 0.291. The Morgan fingerprint density at radius 1 is 1.00 bits per heavy atom. The number of nitrogens with zero attached hydrogens (tertiary/aromatic N) is 3. The number of nitrogens with one attached hydrogen (secondary N) is 1. The number of hydrogen-bond donors (Lipinski definition) is 1. The largest absolute Gasteiger partial charge is 0.357 e. The van der Waals surface area contributed by atoms with Crippen molar-refractivity contribution in [1.82, 2.24) is 10.2 Å². The van der Waals surface area contributed by atoms with Crippen LogP contribution in [0, 0.1) is 17.0 Å². The molecule has 1 N–H and O–H groups in total. The molecule has 3 rings (SSSR count). The summed E-state index contributed by atoms with van der Waals surface area (Å²) in [7, 11) is -2.83. The predicted octanol–water partition coefficient (Wildman–Crippen LogP) is 3.65. The van der Waals surface area contributed by atoms with Crippen LogP contribution in [-0.2, 0) is 26.2 Å². The summed E-state index contributed by atoms with van der Waals surface area (Å²) in [5.74, 6) is -1.02. The predicted molar refractivity (Wildman–Crippen MR) is 144 cm³/mol. The summed E-state index contributed by atoms with van der Waals surface area (Å²) < 4.78 is 28.3. The lowest BCUT2D eigenvalue weighted by Crippen LogP contribution is -2.51. The van der Waals surface area contributed by atoms with E-state index in [1.54, 1.807) is 25.1 Å². The Bertz CT molecular complexity index is 1410. The maximum Gasteiger partial charge on any atom is 0.271 e. The van der Waals surface area contributed by atoms with Crippen LogP contribution in [0.3, 0.4) is 0 Å². The topological polar surface area (TPSA) is 130 Å². The van der Waals surface area contributed by atoms with Crippen molar-refractivity contribution in [2.24, 2.45) is 0 Å². The SMILES string of the molecule is CC[C@H](C(=O)NC)N(Cc1ccccc1C)C(=O)CN(c1cccc([N+](=O)[O-])c1)S(=O)(=O)c1ccccc1. The average molecular weight is 539 g/mol. The highest BCUT2D eigenvalue weighted by Gasteiger charge is 2.34. The van der Waals surface area contributed by atoms with Gasteiger partial charge in [-0.3, -0.25) is 24.0 Å². The van der Waals surface area contributed by atoms with Crippen LogP contribution in [0.2, 0.25) is 0 Å². The number of anilines is 1. The molecule has 0 aliphatic heterocycles. The first-order chi connectivity index (χ1) is 18.1. The smallest absolute Gasteiger partial charge is 0.271 e. The van der Waals surface area contributed by atoms with Crippen molar-refractivity contribution in [3.8, 4) is 0 Å². The Morgan fingerprint density at radius 3 is 2.26 bits per heavy atom. The van der Waals surface area contributed by atoms with E-state index in [1.807, 2.05) is 31.2 Å². The number of carbonyl (C=O) groups is 2. The van der Waals surface area contributed by atoms with Crippen LogP contribution in [0.25, 0.3) is 0 Å². The zero-order valence-electron chi connectivity index (χ0n) is 21.4. The molecule has 3 aromatic carbocycles. The highest BCUT2D eigenvalue weighted by atomic mass is 32.2. The van der Waals surface area contributed by atoms with E-state index in [2.05, 4.69) is 5.32 Å². The maximum absolute atomic E-state index is 13.9. The van der Waals surface area contributed by atoms with Gasteiger partial charge in [0.05, 0.1) is 15.5 Å². The van der Waals surface area contributed by atoms with Gasteiger partial charge in [-0.15, -0.1) is 0 Å². The minimum atomic E-state index is -4.30. The first-order valence-corrected chi connectivity index (χ1v) is 13.4. The number of rotatable bonds is 11. The van der Waals surface area contributed by atoms with Crippen LogP contribution in [0.5, 0.6) is 0 Å². The van der Waals surface area contributed by atoms with Crippen LogP contribution < -0.4 is 9.62 Å². The zero-order valence-corrected chi connectivity index (χ0v) is 22.2. The molecule has 0 aromatic heterocycles. The minimum Gasteiger partial charge on any atom is -0.357 e. The molecular formula is C27H30N4O6S. The van der Waals surface area contributed by atoms with Gasteiger partial charge in [-0.2, -0.15) is 0 Å². The van der Waals surface area contributed by atoms with Crippen molar-refractivity contribution in [1.29, 1.82) is 0 Å². The molecule has 0 bridgehead atoms. The van der Waals surface area contributed by atoms with E-state index >= 15 is 0 Å². The van der Waals surface area contributed by atoms with Gasteiger partial charge in [0.2, 0.25) is 11.8 Å². The van der Waals surface area contributed by atoms with Crippen molar-refractivity contribution in [2.45, 2.75) is 37.8 Å². The third kappa shape index (κ3) is 6.35. The van der Waals surface area contributed by atoms with E-state index in [0.717, 1.165) is 21.5 Å². The lowest BCUT2D eigenvalue weighted by Gasteiger charge is -2.33. The summed E-state index contributed by atoms with van der Waals surface area (Å²) in [6.45, 7) is 3.05. The van der Waals surface area contributed by atoms with Crippen LogP contribution >= 0.6 is 0 Å². The molecule has 1 atom stereocenters. The van der Waals surface area contributed by atoms with E-state index < -0.39 is 33.4 Å². The number of benzene rings is 3. The number of non-ortho nitro benzene ring substituents is 1. The molecule has 10 nitrogen and oxygen atoms in total. The molecule has 0 aliphatic carbocycles. The van der Waals surface area contributed by atoms with E-state index in [-0.39, 0.29) is 28.7 Å². The molecule has 11 heteroatoms. The number of hydrogen-bond acceptors (Lipinski definition) is 6. The van der Waals surface area contributed by atoms with Crippen molar-refractivity contribution in [2.75, 3.05) is 17.9 Å². The van der Waals surface area contributed by atoms with Gasteiger partial charge in [-0.25, -0.2) is 8.42 Å². The quantitative estimate of drug-likeness (QED) is 0.293. The second kappa shape index (κ2) is 12.3. The van der Waals surface area contributed by atoms with Gasteiger partial charge in [0.1, 0.15) is 12.6 Å². The average Bonchev–Trinajstić information content (AvgIpc) is 2.92. The summed E-state index contributed by atoms with van der Waals surface area (Å²) in [5.41, 5.74) is 1.34. The van der Waals surface area contributed by atoms with Gasteiger partial charge in [0.15, 0.2) is 0 Å². The van der Waals surface area contributed by atoms with Crippen LogP contribution in [-0.4, -0.2) is 49.7 Å². The van der Waals surface area contributed by atoms with Gasteiger partial charge in [0.25, 0.3) is 15.7 Å². The second-order valence-corrected chi connectivity index (χ2v) is 10.5. The molecule has 0 saturated carbocycles. The molecule has 0 aliphatic rings. The van der Waals surface area contributed by atoms with Gasteiger partial charge >= 0.3 is 0 Å². The molecular weight excluding hydrogens is 508 g/mol. The van der Waals surface area contributed by atoms with Crippen LogP contribution in [0.15, 0.2) is 83.8 Å². The maximum atomic E-state index is 13.9. The number of nitro benzene ring substituents is 1. The first-order valence-electron chi connectivity index (χ1n) is 12.0. The highest BCUT2D eigenvalue weighted by Crippen LogP contribution is 2.28. The van der Waals surface area contributed by atoms with E-state index in [4.69, 9.17) is 0 Å². The Hall–Kier alpha value is -4.25. The summed E-state index contributed by atoms with van der Waals surface area (Å²) in [4.78, 5) is 38.7. The molecule has 0 fully saturated rings. The van der Waals surface area contributed by atoms with E-state index in [1.165, 1.54) is 42.3 Å². The zero-order chi connectivity index (χ0) is 27.9. The van der Waals surface area contributed by atoms with Crippen molar-refractivity contribution in [3.05, 3.63) is 100 Å². The number of nitro groups is 1. The molecule has 0 saturated heterocycles. The summed E-state index contributed by atoms with van der Waals surface area (Å²) in [6, 6.07) is 19.1. The second-order valence-electron chi connectivity index (χ2n) is 8.59. The lowest BCUT2D eigenvalue weighted by atomic mass is 10.1. The minimum absolute atomic E-state index is 0.0414. The highest BCUT2D eigenvalue weighted by molar-refractivity contribution is 7.92. The molecule has 0 radical (unpaired) electrons. The van der Waals surface area contributed by atoms with Gasteiger partial charge < -0.3 is 10.2 Å². The fourth-order valence-electron chi connectivity index (χ4n) is 4.07. The van der Waals surface area contributed by atoms with Gasteiger partial charge in [-0.05, 0) is 42.7 Å². The fraction of sp³-hybridized carbons (Fsp3) is 0.259. The normalized spacial score (nSPS) is 11.9. The van der Waals surface area contributed by atoms with E-state index in [0.29, 0.717) is 6.42 Å². The monoisotopic (exact) mass is 538 g/mol. The Morgan fingerprint density at radius 2 is 1.66 bits per heavy atom. The molecule has 0 heterocycles. The molecule has 3 aromatic rings. The van der Waals surface area contributed by atoms with Crippen LogP contribution in [0.4, 0.5) is 11.4 Å². The first kappa shape index (κ1) is 28.3. The molecule has 38 heavy (non-hydrogen) atoms. The summed E-state index contributed by atoms with van der Waals surface area (Å²) >= 11 is 0. The number of sulfonamides is 1. The Labute approximate surface area is 222 Å². The molecule has 0 spiro atoms. The third-order valence-corrected chi connectivity index (χ3v) is 7.96. The van der Waals surface area contributed by atoms with Crippen LogP contribution in [0.1, 0.15) is 24.5 Å². The van der Waals surface area contributed by atoms with Gasteiger partial charge in [0, 0.05) is 25.7 Å². The van der Waals surface area contributed by atoms with Crippen molar-refractivity contribution >= 4 is 33.2 Å². The van der Waals surface area contributed by atoms with E-state index in [9.17, 15) is 28.1 Å². The van der Waals surface area contributed by atoms with Crippen molar-refractivity contribution < 1.29 is 22.9 Å². The van der Waals surface area contributed by atoms with Gasteiger partial charge in [-0.1, -0.05) is 55.5 Å². The standard InChI is InChI=1S/C27H30N4O6S/c1-4-25(27(33)28-3)29(18-21-12-9-8-11-20(21)2)26(32)19-30(22-13-10-14-23(17-22)31(34)35)38(36,37)24-15-6-5-7-16-24/h5-17,25H,4,18-19H2,1-3H3,(H,28,33)/t25-/m1/s1. The molecule has 200 valence electrons. The number of amides is 2. The number of likely N-dealkylation sites (N-methyl/N-ethyl adjacent to an activating group) is 1. The Kier molecular flexibility index (Phi) is 9.19. The third-order valence-electron chi connectivity index (χ3n) is 6.17. The molecule has 2 amide bonds. The molecule has 0 unspecified atom stereocenters. The van der Waals surface area contributed by atoms with Crippen molar-refractivity contribution in [3.63, 3.8) is 0 Å².